The van der Waals surface area contributed by atoms with Gasteiger partial charge in [0, 0.05) is 27.8 Å². The first-order valence-electron chi connectivity index (χ1n) is 19.4. The van der Waals surface area contributed by atoms with Crippen molar-refractivity contribution in [3.8, 4) is 0 Å². The van der Waals surface area contributed by atoms with Crippen LogP contribution in [0.2, 0.25) is 0 Å². The molecule has 1 fully saturated rings. The Morgan fingerprint density at radius 3 is 1.78 bits per heavy atom. The number of carbonyl (C=O) groups is 1. The van der Waals surface area contributed by atoms with Gasteiger partial charge in [-0.25, -0.2) is 0 Å². The molecule has 6 atom stereocenters. The Hall–Kier alpha value is -1.33. The Labute approximate surface area is 300 Å². The van der Waals surface area contributed by atoms with Gasteiger partial charge in [-0.3, -0.25) is 4.79 Å². The molecular weight excluding hydrogens is 624 g/mol. The largest absolute Gasteiger partial charge is 0.460 e. The summed E-state index contributed by atoms with van der Waals surface area (Å²) in [6.07, 6.45) is 25.6. The topological polar surface area (TPSA) is 90.9 Å². The number of rotatable bonds is 36. The zero-order valence-electron chi connectivity index (χ0n) is 31.9. The van der Waals surface area contributed by atoms with Gasteiger partial charge in [0.2, 0.25) is 0 Å². The van der Waals surface area contributed by atoms with Gasteiger partial charge >= 0.3 is 5.97 Å². The Morgan fingerprint density at radius 2 is 1.20 bits per heavy atom. The van der Waals surface area contributed by atoms with E-state index in [4.69, 9.17) is 37.9 Å². The van der Waals surface area contributed by atoms with Gasteiger partial charge in [0.15, 0.2) is 0 Å². The molecule has 0 N–H and O–H groups in total. The lowest BCUT2D eigenvalue weighted by molar-refractivity contribution is -0.167. The summed E-state index contributed by atoms with van der Waals surface area (Å²) in [4.78, 5) is 13.2. The zero-order chi connectivity index (χ0) is 35.8. The first-order chi connectivity index (χ1) is 24.0. The summed E-state index contributed by atoms with van der Waals surface area (Å²) in [6, 6.07) is 0. The van der Waals surface area contributed by atoms with Crippen LogP contribution in [0.4, 0.5) is 0 Å². The third-order valence-corrected chi connectivity index (χ3v) is 9.35. The Morgan fingerprint density at radius 1 is 0.653 bits per heavy atom. The van der Waals surface area contributed by atoms with Crippen LogP contribution < -0.4 is 0 Å². The maximum atomic E-state index is 13.2. The highest BCUT2D eigenvalue weighted by molar-refractivity contribution is 5.69. The van der Waals surface area contributed by atoms with Gasteiger partial charge in [0.25, 0.3) is 0 Å². The molecule has 0 amide bonds. The molecule has 1 aliphatic rings. The SMILES string of the molecule is C=CCC[C@H](CCC(=O)O[C@H](CC[C@@H](CC=C)OCOC)[C@H]1CC[C@H]([C@H](CCCCCCCCCCCCCC)OCOC)O1)OCOC. The number of unbranched alkanes of at least 4 members (excludes halogenated alkanes) is 11. The third-order valence-electron chi connectivity index (χ3n) is 9.35. The standard InChI is InChI=1S/C40H74O9/c1-7-10-12-13-14-15-16-17-18-19-20-21-24-36(47-33-44-6)37-28-29-38(48-37)39(27-25-34(22-9-3)45-31-42-4)49-40(41)30-26-35(23-11-8-2)46-32-43-5/h8-9,34-39H,2-3,7,10-33H2,1,4-6H3/t34-,35-,36+,37-,38-,39-/m1/s1. The summed E-state index contributed by atoms with van der Waals surface area (Å²) in [5, 5.41) is 0. The van der Waals surface area contributed by atoms with Crippen molar-refractivity contribution in [3.63, 3.8) is 0 Å². The van der Waals surface area contributed by atoms with E-state index in [9.17, 15) is 4.79 Å². The number of esters is 1. The zero-order valence-corrected chi connectivity index (χ0v) is 31.9. The van der Waals surface area contributed by atoms with Crippen LogP contribution in [0.15, 0.2) is 25.3 Å². The van der Waals surface area contributed by atoms with Crippen LogP contribution >= 0.6 is 0 Å². The molecule has 1 aliphatic heterocycles. The molecule has 9 heteroatoms. The molecule has 0 spiro atoms. The van der Waals surface area contributed by atoms with Crippen molar-refractivity contribution in [2.75, 3.05) is 41.7 Å². The molecule has 0 unspecified atom stereocenters. The molecule has 0 radical (unpaired) electrons. The second-order valence-electron chi connectivity index (χ2n) is 13.5. The van der Waals surface area contributed by atoms with Crippen molar-refractivity contribution in [2.45, 2.75) is 185 Å². The third kappa shape index (κ3) is 23.7. The van der Waals surface area contributed by atoms with Crippen LogP contribution in [0.5, 0.6) is 0 Å². The fraction of sp³-hybridized carbons (Fsp3) is 0.875. The van der Waals surface area contributed by atoms with Gasteiger partial charge in [0.05, 0.1) is 30.5 Å². The van der Waals surface area contributed by atoms with E-state index in [1.54, 1.807) is 21.3 Å². The first kappa shape index (κ1) is 45.7. The van der Waals surface area contributed by atoms with Crippen molar-refractivity contribution in [2.24, 2.45) is 0 Å². The molecule has 0 aliphatic carbocycles. The number of methoxy groups -OCH3 is 3. The Bertz CT molecular complexity index is 779. The van der Waals surface area contributed by atoms with Crippen molar-refractivity contribution in [1.82, 2.24) is 0 Å². The van der Waals surface area contributed by atoms with Gasteiger partial charge in [-0.1, -0.05) is 96.1 Å². The van der Waals surface area contributed by atoms with Crippen molar-refractivity contribution in [3.05, 3.63) is 25.3 Å². The molecular formula is C40H74O9. The van der Waals surface area contributed by atoms with Crippen LogP contribution in [0.25, 0.3) is 0 Å². The van der Waals surface area contributed by atoms with E-state index in [0.717, 1.165) is 38.5 Å². The van der Waals surface area contributed by atoms with Gasteiger partial charge in [-0.05, 0) is 57.8 Å². The van der Waals surface area contributed by atoms with Gasteiger partial charge in [-0.2, -0.15) is 0 Å². The molecule has 0 aromatic carbocycles. The second kappa shape index (κ2) is 32.6. The molecule has 49 heavy (non-hydrogen) atoms. The maximum Gasteiger partial charge on any atom is 0.306 e. The summed E-state index contributed by atoms with van der Waals surface area (Å²) < 4.78 is 46.1. The van der Waals surface area contributed by atoms with E-state index >= 15 is 0 Å². The minimum absolute atomic E-state index is 0.0495. The minimum atomic E-state index is -0.391. The normalized spacial score (nSPS) is 18.6. The van der Waals surface area contributed by atoms with Crippen molar-refractivity contribution in [1.29, 1.82) is 0 Å². The minimum Gasteiger partial charge on any atom is -0.460 e. The van der Waals surface area contributed by atoms with Crippen LogP contribution in [-0.2, 0) is 42.7 Å². The predicted molar refractivity (Wildman–Crippen MR) is 196 cm³/mol. The van der Waals surface area contributed by atoms with Crippen molar-refractivity contribution < 1.29 is 42.7 Å². The first-order valence-corrected chi connectivity index (χ1v) is 19.4. The van der Waals surface area contributed by atoms with Gasteiger partial charge in [0.1, 0.15) is 26.5 Å². The predicted octanol–water partition coefficient (Wildman–Crippen LogP) is 9.61. The van der Waals surface area contributed by atoms with Gasteiger partial charge < -0.3 is 37.9 Å². The lowest BCUT2D eigenvalue weighted by atomic mass is 9.99. The molecule has 0 aromatic rings. The van der Waals surface area contributed by atoms with Crippen LogP contribution in [0.3, 0.4) is 0 Å². The number of allylic oxidation sites excluding steroid dienone is 1. The van der Waals surface area contributed by atoms with E-state index in [-0.39, 0.29) is 63.3 Å². The molecule has 0 aromatic heterocycles. The van der Waals surface area contributed by atoms with E-state index in [1.807, 2.05) is 12.2 Å². The average molecular weight is 699 g/mol. The maximum absolute atomic E-state index is 13.2. The monoisotopic (exact) mass is 699 g/mol. The molecule has 0 bridgehead atoms. The average Bonchev–Trinajstić information content (AvgIpc) is 3.60. The van der Waals surface area contributed by atoms with E-state index in [0.29, 0.717) is 25.7 Å². The summed E-state index contributed by atoms with van der Waals surface area (Å²) in [7, 11) is 4.86. The number of hydrogen-bond acceptors (Lipinski definition) is 9. The fourth-order valence-electron chi connectivity index (χ4n) is 6.53. The highest BCUT2D eigenvalue weighted by Crippen LogP contribution is 2.32. The molecule has 1 heterocycles. The highest BCUT2D eigenvalue weighted by atomic mass is 16.7. The molecule has 9 nitrogen and oxygen atoms in total. The number of ether oxygens (including phenoxy) is 8. The quantitative estimate of drug-likeness (QED) is 0.0275. The lowest BCUT2D eigenvalue weighted by Crippen LogP contribution is -2.36. The second-order valence-corrected chi connectivity index (χ2v) is 13.5. The van der Waals surface area contributed by atoms with Crippen LogP contribution in [0, 0.1) is 0 Å². The van der Waals surface area contributed by atoms with Gasteiger partial charge in [-0.15, -0.1) is 13.2 Å². The summed E-state index contributed by atoms with van der Waals surface area (Å²) in [5.74, 6) is -0.247. The molecule has 288 valence electrons. The fourth-order valence-corrected chi connectivity index (χ4v) is 6.53. The molecule has 1 rings (SSSR count). The molecule has 0 saturated carbocycles. The summed E-state index contributed by atoms with van der Waals surface area (Å²) in [6.45, 7) is 10.6. The van der Waals surface area contributed by atoms with E-state index in [2.05, 4.69) is 20.1 Å². The Balaban J connectivity index is 2.72. The van der Waals surface area contributed by atoms with E-state index in [1.165, 1.54) is 70.6 Å². The van der Waals surface area contributed by atoms with Crippen LogP contribution in [0.1, 0.15) is 148 Å². The number of hydrogen-bond donors (Lipinski definition) is 0. The van der Waals surface area contributed by atoms with E-state index < -0.39 is 6.10 Å². The lowest BCUT2D eigenvalue weighted by Gasteiger charge is -2.28. The highest BCUT2D eigenvalue weighted by Gasteiger charge is 2.38. The number of carbonyl (C=O) groups excluding carboxylic acids is 1. The summed E-state index contributed by atoms with van der Waals surface area (Å²) in [5.41, 5.74) is 0. The van der Waals surface area contributed by atoms with Crippen molar-refractivity contribution >= 4 is 5.97 Å². The molecule has 1 saturated heterocycles. The Kier molecular flexibility index (Phi) is 30.4. The smallest absolute Gasteiger partial charge is 0.306 e. The summed E-state index contributed by atoms with van der Waals surface area (Å²) >= 11 is 0. The van der Waals surface area contributed by atoms with Crippen LogP contribution in [-0.4, -0.2) is 84.3 Å².